The Morgan fingerprint density at radius 2 is 0.575 bits per heavy atom. The largest absolute Gasteiger partial charge is 0.462 e. The molecule has 0 spiro atoms. The van der Waals surface area contributed by atoms with E-state index >= 15 is 0 Å². The molecule has 0 saturated carbocycles. The zero-order valence-electron chi connectivity index (χ0n) is 47.1. The van der Waals surface area contributed by atoms with Crippen LogP contribution in [0.4, 0.5) is 0 Å². The van der Waals surface area contributed by atoms with Crippen molar-refractivity contribution in [1.29, 1.82) is 0 Å². The Hall–Kier alpha value is -4.45. The number of carbonyl (C=O) groups excluding carboxylic acids is 3. The van der Waals surface area contributed by atoms with Gasteiger partial charge in [-0.2, -0.15) is 0 Å². The smallest absolute Gasteiger partial charge is 0.306 e. The van der Waals surface area contributed by atoms with Crippen molar-refractivity contribution in [3.8, 4) is 0 Å². The van der Waals surface area contributed by atoms with Crippen molar-refractivity contribution >= 4 is 17.9 Å². The number of unbranched alkanes of at least 4 members (excludes halogenated alkanes) is 19. The van der Waals surface area contributed by atoms with Crippen LogP contribution in [-0.2, 0) is 28.6 Å². The quantitative estimate of drug-likeness (QED) is 0.0261. The molecule has 73 heavy (non-hydrogen) atoms. The maximum atomic E-state index is 12.9. The summed E-state index contributed by atoms with van der Waals surface area (Å²) in [4.78, 5) is 38.2. The molecule has 0 unspecified atom stereocenters. The van der Waals surface area contributed by atoms with Crippen LogP contribution in [0.3, 0.4) is 0 Å². The molecular formula is C67H108O6. The highest BCUT2D eigenvalue weighted by Crippen LogP contribution is 2.14. The van der Waals surface area contributed by atoms with Crippen LogP contribution in [0.25, 0.3) is 0 Å². The van der Waals surface area contributed by atoms with Gasteiger partial charge in [-0.05, 0) is 122 Å². The predicted molar refractivity (Wildman–Crippen MR) is 316 cm³/mol. The summed E-state index contributed by atoms with van der Waals surface area (Å²) < 4.78 is 16.8. The molecule has 0 aliphatic rings. The number of carbonyl (C=O) groups is 3. The molecule has 0 bridgehead atoms. The van der Waals surface area contributed by atoms with Gasteiger partial charge in [0.15, 0.2) is 6.10 Å². The fraction of sp³-hybridized carbons (Fsp3) is 0.627. The van der Waals surface area contributed by atoms with Crippen LogP contribution in [0.1, 0.15) is 252 Å². The van der Waals surface area contributed by atoms with Crippen LogP contribution in [-0.4, -0.2) is 37.2 Å². The zero-order chi connectivity index (χ0) is 52.9. The van der Waals surface area contributed by atoms with Crippen LogP contribution < -0.4 is 0 Å². The highest BCUT2D eigenvalue weighted by molar-refractivity contribution is 5.71. The summed E-state index contributed by atoms with van der Waals surface area (Å²) in [6.07, 6.45) is 84.6. The Bertz CT molecular complexity index is 1580. The summed E-state index contributed by atoms with van der Waals surface area (Å²) in [5.41, 5.74) is 0. The number of esters is 3. The third-order valence-corrected chi connectivity index (χ3v) is 12.1. The van der Waals surface area contributed by atoms with E-state index in [9.17, 15) is 14.4 Å². The molecule has 0 N–H and O–H groups in total. The van der Waals surface area contributed by atoms with Gasteiger partial charge in [-0.25, -0.2) is 0 Å². The molecule has 0 aliphatic carbocycles. The van der Waals surface area contributed by atoms with E-state index in [1.807, 2.05) is 12.2 Å². The van der Waals surface area contributed by atoms with Crippen molar-refractivity contribution in [2.24, 2.45) is 0 Å². The monoisotopic (exact) mass is 1010 g/mol. The van der Waals surface area contributed by atoms with E-state index in [1.54, 1.807) is 0 Å². The minimum atomic E-state index is -0.837. The molecule has 0 saturated heterocycles. The van der Waals surface area contributed by atoms with E-state index in [4.69, 9.17) is 14.2 Å². The van der Waals surface area contributed by atoms with E-state index in [2.05, 4.69) is 142 Å². The van der Waals surface area contributed by atoms with E-state index in [1.165, 1.54) is 116 Å². The van der Waals surface area contributed by atoms with Crippen LogP contribution in [0.15, 0.2) is 134 Å². The molecule has 0 aromatic rings. The number of ether oxygens (including phenoxy) is 3. The molecular weight excluding hydrogens is 901 g/mol. The molecule has 0 aromatic carbocycles. The number of rotatable bonds is 52. The van der Waals surface area contributed by atoms with Crippen molar-refractivity contribution in [3.05, 3.63) is 134 Å². The average Bonchev–Trinajstić information content (AvgIpc) is 3.39. The van der Waals surface area contributed by atoms with Crippen LogP contribution in [0.2, 0.25) is 0 Å². The Morgan fingerprint density at radius 1 is 0.288 bits per heavy atom. The molecule has 0 amide bonds. The minimum absolute atomic E-state index is 0.134. The van der Waals surface area contributed by atoms with Crippen molar-refractivity contribution < 1.29 is 28.6 Å². The number of hydrogen-bond donors (Lipinski definition) is 0. The van der Waals surface area contributed by atoms with Crippen molar-refractivity contribution in [2.75, 3.05) is 13.2 Å². The highest BCUT2D eigenvalue weighted by atomic mass is 16.6. The molecule has 412 valence electrons. The summed E-state index contributed by atoms with van der Waals surface area (Å²) in [5, 5.41) is 0. The molecule has 0 rings (SSSR count). The van der Waals surface area contributed by atoms with Gasteiger partial charge in [0.25, 0.3) is 0 Å². The number of allylic oxidation sites excluding steroid dienone is 22. The van der Waals surface area contributed by atoms with Gasteiger partial charge in [0, 0.05) is 19.3 Å². The van der Waals surface area contributed by atoms with E-state index in [0.29, 0.717) is 19.3 Å². The van der Waals surface area contributed by atoms with Gasteiger partial charge in [0.05, 0.1) is 0 Å². The fourth-order valence-electron chi connectivity index (χ4n) is 7.69. The van der Waals surface area contributed by atoms with Gasteiger partial charge in [0.2, 0.25) is 0 Å². The lowest BCUT2D eigenvalue weighted by Gasteiger charge is -2.18. The third kappa shape index (κ3) is 58.3. The first-order chi connectivity index (χ1) is 36.0. The predicted octanol–water partition coefficient (Wildman–Crippen LogP) is 20.2. The van der Waals surface area contributed by atoms with Crippen molar-refractivity contribution in [2.45, 2.75) is 258 Å². The summed E-state index contributed by atoms with van der Waals surface area (Å²) in [6.45, 7) is 6.38. The summed E-state index contributed by atoms with van der Waals surface area (Å²) >= 11 is 0. The molecule has 0 fully saturated rings. The second-order valence-corrected chi connectivity index (χ2v) is 19.2. The van der Waals surface area contributed by atoms with Gasteiger partial charge in [-0.1, -0.05) is 244 Å². The van der Waals surface area contributed by atoms with Crippen LogP contribution in [0, 0.1) is 0 Å². The molecule has 0 heterocycles. The van der Waals surface area contributed by atoms with E-state index in [0.717, 1.165) is 83.5 Å². The van der Waals surface area contributed by atoms with Crippen LogP contribution in [0.5, 0.6) is 0 Å². The van der Waals surface area contributed by atoms with Gasteiger partial charge in [-0.15, -0.1) is 0 Å². The van der Waals surface area contributed by atoms with Crippen LogP contribution >= 0.6 is 0 Å². The summed E-state index contributed by atoms with van der Waals surface area (Å²) in [7, 11) is 0. The van der Waals surface area contributed by atoms with Gasteiger partial charge >= 0.3 is 17.9 Å². The maximum absolute atomic E-state index is 12.9. The average molecular weight is 1010 g/mol. The molecule has 1 atom stereocenters. The summed E-state index contributed by atoms with van der Waals surface area (Å²) in [6, 6.07) is 0. The first-order valence-corrected chi connectivity index (χ1v) is 29.7. The Morgan fingerprint density at radius 3 is 1.00 bits per heavy atom. The Balaban J connectivity index is 4.59. The van der Waals surface area contributed by atoms with Gasteiger partial charge < -0.3 is 14.2 Å². The second kappa shape index (κ2) is 60.1. The highest BCUT2D eigenvalue weighted by Gasteiger charge is 2.19. The molecule has 6 heteroatoms. The third-order valence-electron chi connectivity index (χ3n) is 12.1. The first-order valence-electron chi connectivity index (χ1n) is 29.7. The Kier molecular flexibility index (Phi) is 56.4. The molecule has 6 nitrogen and oxygen atoms in total. The standard InChI is InChI=1S/C67H108O6/c1-4-7-10-13-16-19-22-25-28-31-33-36-39-42-45-48-51-54-57-60-66(69)72-63-64(62-71-65(68)59-56-53-50-47-44-41-38-35-30-27-24-21-18-15-12-9-6-3)73-67(70)61-58-55-52-49-46-43-40-37-34-32-29-26-23-20-17-14-11-8-5-2/h7,10,16,18-19,21,25-30,33,36,38,41-42,45,47,50-51,54,64H,4-6,8-9,11-15,17,20,22-24,31-32,34-35,37,39-40,43-44,46,48-49,52-53,55-63H2,1-3H3/b10-7+,19-16+,21-18+,28-25+,29-26+,30-27+,36-33+,41-38+,45-42+,50-47+,54-51+/t64-/m1/s1. The lowest BCUT2D eigenvalue weighted by atomic mass is 10.1. The SMILES string of the molecule is CC/C=C/C/C=C/C/C=C/C/C=C/C/C=C/C/C=C/CCC(=O)OC[C@@H](COC(=O)CCC/C=C/C/C=C/C/C=C/C/C=C/CCCCC)OC(=O)CCCCCCCCCCC/C=C/CCCCCCCC. The topological polar surface area (TPSA) is 78.9 Å². The van der Waals surface area contributed by atoms with Gasteiger partial charge in [0.1, 0.15) is 13.2 Å². The Labute approximate surface area is 449 Å². The van der Waals surface area contributed by atoms with E-state index < -0.39 is 6.10 Å². The zero-order valence-corrected chi connectivity index (χ0v) is 47.1. The van der Waals surface area contributed by atoms with E-state index in [-0.39, 0.29) is 44.0 Å². The first kappa shape index (κ1) is 68.6. The fourth-order valence-corrected chi connectivity index (χ4v) is 7.69. The minimum Gasteiger partial charge on any atom is -0.462 e. The molecule has 0 radical (unpaired) electrons. The normalized spacial score (nSPS) is 13.1. The van der Waals surface area contributed by atoms with Crippen molar-refractivity contribution in [3.63, 3.8) is 0 Å². The van der Waals surface area contributed by atoms with Gasteiger partial charge in [-0.3, -0.25) is 14.4 Å². The summed E-state index contributed by atoms with van der Waals surface area (Å²) in [5.74, 6) is -1.07. The maximum Gasteiger partial charge on any atom is 0.306 e. The lowest BCUT2D eigenvalue weighted by molar-refractivity contribution is -0.166. The van der Waals surface area contributed by atoms with Crippen molar-refractivity contribution in [1.82, 2.24) is 0 Å². The molecule has 0 aromatic heterocycles. The number of hydrogen-bond acceptors (Lipinski definition) is 6. The molecule has 0 aliphatic heterocycles. The lowest BCUT2D eigenvalue weighted by Crippen LogP contribution is -2.30. The second-order valence-electron chi connectivity index (χ2n) is 19.2.